The third-order valence-corrected chi connectivity index (χ3v) is 8.00. The number of amides is 1. The molecule has 2 heterocycles. The van der Waals surface area contributed by atoms with Crippen LogP contribution < -0.4 is 16.4 Å². The summed E-state index contributed by atoms with van der Waals surface area (Å²) in [5.74, 6) is -0.361. The minimum Gasteiger partial charge on any atom is -0.319 e. The molecule has 1 N–H and O–H groups in total. The zero-order chi connectivity index (χ0) is 27.8. The van der Waals surface area contributed by atoms with E-state index in [0.717, 1.165) is 11.1 Å². The van der Waals surface area contributed by atoms with Gasteiger partial charge < -0.3 is 5.32 Å². The summed E-state index contributed by atoms with van der Waals surface area (Å²) in [5.41, 5.74) is 4.43. The number of carbonyl (C=O) groups is 1. The summed E-state index contributed by atoms with van der Waals surface area (Å²) >= 11 is 1.17. The van der Waals surface area contributed by atoms with Gasteiger partial charge in [-0.05, 0) is 75.2 Å². The number of para-hydroxylation sites is 2. The number of hydrogen-bond donors (Lipinski definition) is 1. The van der Waals surface area contributed by atoms with Gasteiger partial charge in [-0.1, -0.05) is 48.2 Å². The Balaban J connectivity index is 1.51. The molecule has 0 saturated heterocycles. The van der Waals surface area contributed by atoms with Crippen LogP contribution in [-0.4, -0.2) is 30.1 Å². The molecule has 0 bridgehead atoms. The van der Waals surface area contributed by atoms with Gasteiger partial charge in [0.2, 0.25) is 5.91 Å². The second-order valence-electron chi connectivity index (χ2n) is 9.51. The molecule has 5 rings (SSSR count). The number of fused-ring (bicyclic) bond motifs is 1. The van der Waals surface area contributed by atoms with Crippen molar-refractivity contribution in [2.45, 2.75) is 38.1 Å². The minimum atomic E-state index is -0.653. The second kappa shape index (κ2) is 10.4. The van der Waals surface area contributed by atoms with Gasteiger partial charge in [0.1, 0.15) is 5.69 Å². The first-order chi connectivity index (χ1) is 18.7. The van der Waals surface area contributed by atoms with Crippen LogP contribution in [0, 0.1) is 20.8 Å². The summed E-state index contributed by atoms with van der Waals surface area (Å²) in [7, 11) is 1.78. The number of thioether (sulfide) groups is 1. The van der Waals surface area contributed by atoms with Gasteiger partial charge in [-0.2, -0.15) is 0 Å². The van der Waals surface area contributed by atoms with E-state index in [-0.39, 0.29) is 22.7 Å². The highest BCUT2D eigenvalue weighted by Crippen LogP contribution is 2.27. The SMILES string of the molecule is Cc1ccc(-n2c(SC(C)C(=O)Nc3c(C)n(C)n(-c4ccccc4)c3=O)nc3ccccc3c2=O)cc1C. The Bertz CT molecular complexity index is 1840. The molecule has 1 atom stereocenters. The molecule has 9 heteroatoms. The van der Waals surface area contributed by atoms with Gasteiger partial charge in [0.05, 0.1) is 33.2 Å². The fraction of sp³-hybridized carbons (Fsp3) is 0.200. The number of aryl methyl sites for hydroxylation is 2. The van der Waals surface area contributed by atoms with Crippen LogP contribution in [-0.2, 0) is 11.8 Å². The molecule has 198 valence electrons. The van der Waals surface area contributed by atoms with Crippen molar-refractivity contribution in [3.8, 4) is 11.4 Å². The van der Waals surface area contributed by atoms with Crippen molar-refractivity contribution in [3.05, 3.63) is 110 Å². The molecule has 0 spiro atoms. The van der Waals surface area contributed by atoms with Crippen LogP contribution in [0.3, 0.4) is 0 Å². The fourth-order valence-corrected chi connectivity index (χ4v) is 5.36. The molecule has 2 aromatic heterocycles. The largest absolute Gasteiger partial charge is 0.319 e. The monoisotopic (exact) mass is 539 g/mol. The Morgan fingerprint density at radius 3 is 2.28 bits per heavy atom. The molecule has 0 aliphatic rings. The van der Waals surface area contributed by atoms with E-state index >= 15 is 0 Å². The maximum absolute atomic E-state index is 13.6. The summed E-state index contributed by atoms with van der Waals surface area (Å²) < 4.78 is 4.79. The highest BCUT2D eigenvalue weighted by molar-refractivity contribution is 8.00. The Morgan fingerprint density at radius 2 is 1.56 bits per heavy atom. The molecule has 0 aliphatic carbocycles. The number of nitrogens with one attached hydrogen (secondary N) is 1. The number of carbonyl (C=O) groups excluding carboxylic acids is 1. The van der Waals surface area contributed by atoms with E-state index in [1.165, 1.54) is 16.4 Å². The zero-order valence-electron chi connectivity index (χ0n) is 22.4. The summed E-state index contributed by atoms with van der Waals surface area (Å²) in [4.78, 5) is 45.0. The topological polar surface area (TPSA) is 90.9 Å². The van der Waals surface area contributed by atoms with Gasteiger partial charge in [-0.3, -0.25) is 23.6 Å². The Labute approximate surface area is 229 Å². The van der Waals surface area contributed by atoms with Crippen molar-refractivity contribution in [1.29, 1.82) is 0 Å². The summed E-state index contributed by atoms with van der Waals surface area (Å²) in [5, 5.41) is 3.07. The maximum atomic E-state index is 13.6. The number of hydrogen-bond acceptors (Lipinski definition) is 5. The van der Waals surface area contributed by atoms with E-state index in [0.29, 0.717) is 33.1 Å². The standard InChI is InChI=1S/C30H29N5O3S/c1-18-15-16-23(17-19(18)2)34-28(37)24-13-9-10-14-25(24)31-30(34)39-21(4)27(36)32-26-20(3)33(5)35(29(26)38)22-11-7-6-8-12-22/h6-17,21H,1-5H3,(H,32,36). The average molecular weight is 540 g/mol. The summed E-state index contributed by atoms with van der Waals surface area (Å²) in [6.45, 7) is 7.53. The van der Waals surface area contributed by atoms with Crippen LogP contribution in [0.15, 0.2) is 87.5 Å². The molecule has 0 saturated carbocycles. The van der Waals surface area contributed by atoms with Crippen LogP contribution in [0.2, 0.25) is 0 Å². The molecule has 0 fully saturated rings. The predicted octanol–water partition coefficient (Wildman–Crippen LogP) is 4.92. The first kappa shape index (κ1) is 26.2. The molecule has 1 amide bonds. The first-order valence-corrected chi connectivity index (χ1v) is 13.5. The van der Waals surface area contributed by atoms with E-state index in [2.05, 4.69) is 5.32 Å². The van der Waals surface area contributed by atoms with Gasteiger partial charge in [-0.25, -0.2) is 9.67 Å². The van der Waals surface area contributed by atoms with Crippen LogP contribution in [0.1, 0.15) is 23.7 Å². The number of nitrogens with zero attached hydrogens (tertiary/aromatic N) is 4. The van der Waals surface area contributed by atoms with E-state index in [4.69, 9.17) is 4.98 Å². The van der Waals surface area contributed by atoms with E-state index in [1.807, 2.05) is 74.5 Å². The number of anilines is 1. The van der Waals surface area contributed by atoms with Gasteiger partial charge in [-0.15, -0.1) is 0 Å². The third kappa shape index (κ3) is 4.81. The number of aromatic nitrogens is 4. The molecule has 8 nitrogen and oxygen atoms in total. The highest BCUT2D eigenvalue weighted by Gasteiger charge is 2.24. The smallest absolute Gasteiger partial charge is 0.295 e. The lowest BCUT2D eigenvalue weighted by Gasteiger charge is -2.17. The molecular weight excluding hydrogens is 510 g/mol. The molecule has 3 aromatic carbocycles. The normalized spacial score (nSPS) is 12.0. The van der Waals surface area contributed by atoms with Crippen LogP contribution in [0.5, 0.6) is 0 Å². The van der Waals surface area contributed by atoms with Crippen molar-refractivity contribution in [1.82, 2.24) is 18.9 Å². The minimum absolute atomic E-state index is 0.205. The Morgan fingerprint density at radius 1 is 0.872 bits per heavy atom. The molecule has 39 heavy (non-hydrogen) atoms. The van der Waals surface area contributed by atoms with Gasteiger partial charge in [0, 0.05) is 7.05 Å². The van der Waals surface area contributed by atoms with Crippen LogP contribution in [0.25, 0.3) is 22.3 Å². The van der Waals surface area contributed by atoms with Gasteiger partial charge >= 0.3 is 0 Å². The van der Waals surface area contributed by atoms with Crippen LogP contribution >= 0.6 is 11.8 Å². The molecule has 5 aromatic rings. The van der Waals surface area contributed by atoms with E-state index in [1.54, 1.807) is 42.3 Å². The number of rotatable bonds is 6. The van der Waals surface area contributed by atoms with Gasteiger partial charge in [0.15, 0.2) is 5.16 Å². The zero-order valence-corrected chi connectivity index (χ0v) is 23.2. The summed E-state index contributed by atoms with van der Waals surface area (Å²) in [6.07, 6.45) is 0. The summed E-state index contributed by atoms with van der Waals surface area (Å²) in [6, 6.07) is 22.2. The lowest BCUT2D eigenvalue weighted by Crippen LogP contribution is -2.28. The average Bonchev–Trinajstić information content (AvgIpc) is 3.13. The van der Waals surface area contributed by atoms with Gasteiger partial charge in [0.25, 0.3) is 11.1 Å². The fourth-order valence-electron chi connectivity index (χ4n) is 4.43. The van der Waals surface area contributed by atoms with Crippen molar-refractivity contribution >= 4 is 34.3 Å². The lowest BCUT2D eigenvalue weighted by atomic mass is 10.1. The Hall–Kier alpha value is -4.37. The van der Waals surface area contributed by atoms with Crippen molar-refractivity contribution in [3.63, 3.8) is 0 Å². The van der Waals surface area contributed by atoms with Crippen molar-refractivity contribution in [2.24, 2.45) is 7.05 Å². The second-order valence-corrected chi connectivity index (χ2v) is 10.8. The quantitative estimate of drug-likeness (QED) is 0.244. The number of benzene rings is 3. The van der Waals surface area contributed by atoms with Crippen LogP contribution in [0.4, 0.5) is 5.69 Å². The van der Waals surface area contributed by atoms with Crippen molar-refractivity contribution < 1.29 is 4.79 Å². The predicted molar refractivity (Wildman–Crippen MR) is 157 cm³/mol. The third-order valence-electron chi connectivity index (χ3n) is 6.95. The van der Waals surface area contributed by atoms with E-state index in [9.17, 15) is 14.4 Å². The Kier molecular flexibility index (Phi) is 7.01. The molecular formula is C30H29N5O3S. The molecule has 1 unspecified atom stereocenters. The highest BCUT2D eigenvalue weighted by atomic mass is 32.2. The molecule has 0 radical (unpaired) electrons. The van der Waals surface area contributed by atoms with E-state index < -0.39 is 5.25 Å². The molecule has 0 aliphatic heterocycles. The lowest BCUT2D eigenvalue weighted by molar-refractivity contribution is -0.115. The first-order valence-electron chi connectivity index (χ1n) is 12.6. The maximum Gasteiger partial charge on any atom is 0.295 e. The van der Waals surface area contributed by atoms with Crippen molar-refractivity contribution in [2.75, 3.05) is 5.32 Å².